The first kappa shape index (κ1) is 17.8. The second-order valence-corrected chi connectivity index (χ2v) is 6.95. The first-order valence-electron chi connectivity index (χ1n) is 9.23. The van der Waals surface area contributed by atoms with Gasteiger partial charge in [0.15, 0.2) is 11.2 Å². The van der Waals surface area contributed by atoms with Crippen LogP contribution in [0.1, 0.15) is 44.1 Å². The van der Waals surface area contributed by atoms with E-state index in [0.29, 0.717) is 19.4 Å². The SMILES string of the molecule is CCOc1cc(C2CCC(OC)(C(=O)OC)CC2)c2c3cn[nH]c3nn2c1. The molecule has 0 aliphatic heterocycles. The second kappa shape index (κ2) is 6.84. The highest BCUT2D eigenvalue weighted by molar-refractivity contribution is 5.94. The van der Waals surface area contributed by atoms with Crippen molar-refractivity contribution >= 4 is 22.5 Å². The molecule has 1 aliphatic rings. The highest BCUT2D eigenvalue weighted by atomic mass is 16.6. The highest BCUT2D eigenvalue weighted by Crippen LogP contribution is 2.43. The van der Waals surface area contributed by atoms with E-state index in [1.807, 2.05) is 17.6 Å². The van der Waals surface area contributed by atoms with Crippen LogP contribution in [0.4, 0.5) is 0 Å². The quantitative estimate of drug-likeness (QED) is 0.693. The Kier molecular flexibility index (Phi) is 4.51. The van der Waals surface area contributed by atoms with Crippen LogP contribution in [0.25, 0.3) is 16.6 Å². The molecule has 27 heavy (non-hydrogen) atoms. The Hall–Kier alpha value is -2.61. The van der Waals surface area contributed by atoms with Crippen molar-refractivity contribution in [3.05, 3.63) is 24.0 Å². The molecule has 1 saturated carbocycles. The molecule has 0 radical (unpaired) electrons. The number of esters is 1. The van der Waals surface area contributed by atoms with Crippen LogP contribution >= 0.6 is 0 Å². The van der Waals surface area contributed by atoms with Gasteiger partial charge in [-0.05, 0) is 50.2 Å². The predicted molar refractivity (Wildman–Crippen MR) is 99.0 cm³/mol. The molecule has 3 aromatic rings. The van der Waals surface area contributed by atoms with E-state index in [9.17, 15) is 4.79 Å². The lowest BCUT2D eigenvalue weighted by atomic mass is 9.75. The van der Waals surface area contributed by atoms with Crippen molar-refractivity contribution in [2.24, 2.45) is 0 Å². The van der Waals surface area contributed by atoms with Crippen molar-refractivity contribution in [3.63, 3.8) is 0 Å². The minimum Gasteiger partial charge on any atom is -0.492 e. The summed E-state index contributed by atoms with van der Waals surface area (Å²) in [5.74, 6) is 0.767. The molecule has 3 heterocycles. The summed E-state index contributed by atoms with van der Waals surface area (Å²) in [5.41, 5.74) is 2.11. The van der Waals surface area contributed by atoms with Gasteiger partial charge in [0.1, 0.15) is 5.75 Å². The van der Waals surface area contributed by atoms with Gasteiger partial charge in [-0.15, -0.1) is 5.10 Å². The Labute approximate surface area is 156 Å². The van der Waals surface area contributed by atoms with Crippen LogP contribution < -0.4 is 4.74 Å². The van der Waals surface area contributed by atoms with Crippen molar-refractivity contribution in [1.29, 1.82) is 0 Å². The van der Waals surface area contributed by atoms with Gasteiger partial charge in [0, 0.05) is 7.11 Å². The first-order valence-corrected chi connectivity index (χ1v) is 9.23. The number of pyridine rings is 1. The molecular formula is C19H24N4O4. The lowest BCUT2D eigenvalue weighted by Gasteiger charge is -2.36. The molecule has 8 heteroatoms. The summed E-state index contributed by atoms with van der Waals surface area (Å²) in [4.78, 5) is 12.2. The molecular weight excluding hydrogens is 348 g/mol. The summed E-state index contributed by atoms with van der Waals surface area (Å²) >= 11 is 0. The normalized spacial score (nSPS) is 23.0. The molecule has 0 atom stereocenters. The van der Waals surface area contributed by atoms with E-state index in [4.69, 9.17) is 14.2 Å². The Balaban J connectivity index is 1.74. The van der Waals surface area contributed by atoms with Gasteiger partial charge in [-0.25, -0.2) is 9.31 Å². The molecule has 1 aliphatic carbocycles. The summed E-state index contributed by atoms with van der Waals surface area (Å²) in [7, 11) is 2.99. The van der Waals surface area contributed by atoms with E-state index < -0.39 is 5.60 Å². The number of aromatic amines is 1. The van der Waals surface area contributed by atoms with E-state index in [2.05, 4.69) is 21.4 Å². The third-order valence-corrected chi connectivity index (χ3v) is 5.62. The molecule has 8 nitrogen and oxygen atoms in total. The van der Waals surface area contributed by atoms with Gasteiger partial charge in [-0.2, -0.15) is 5.10 Å². The number of methoxy groups -OCH3 is 2. The molecule has 0 unspecified atom stereocenters. The first-order chi connectivity index (χ1) is 13.1. The maximum atomic E-state index is 12.2. The van der Waals surface area contributed by atoms with Crippen molar-refractivity contribution in [1.82, 2.24) is 19.8 Å². The number of aromatic nitrogens is 4. The molecule has 0 spiro atoms. The third kappa shape index (κ3) is 2.84. The summed E-state index contributed by atoms with van der Waals surface area (Å²) in [5, 5.41) is 12.6. The zero-order valence-corrected chi connectivity index (χ0v) is 15.8. The minimum atomic E-state index is -0.843. The smallest absolute Gasteiger partial charge is 0.338 e. The molecule has 0 aromatic carbocycles. The second-order valence-electron chi connectivity index (χ2n) is 6.95. The fraction of sp³-hybridized carbons (Fsp3) is 0.526. The van der Waals surface area contributed by atoms with Crippen LogP contribution in [-0.4, -0.2) is 52.2 Å². The van der Waals surface area contributed by atoms with Crippen LogP contribution in [0.5, 0.6) is 5.75 Å². The summed E-state index contributed by atoms with van der Waals surface area (Å²) < 4.78 is 18.2. The van der Waals surface area contributed by atoms with Crippen LogP contribution in [-0.2, 0) is 14.3 Å². The number of carbonyl (C=O) groups is 1. The number of hydrogen-bond acceptors (Lipinski definition) is 6. The predicted octanol–water partition coefficient (Wildman–Crippen LogP) is 2.83. The Morgan fingerprint density at radius 3 is 2.81 bits per heavy atom. The average Bonchev–Trinajstić information content (AvgIpc) is 3.28. The number of H-pyrrole nitrogens is 1. The molecule has 4 rings (SSSR count). The number of fused-ring (bicyclic) bond motifs is 3. The number of nitrogens with one attached hydrogen (secondary N) is 1. The van der Waals surface area contributed by atoms with E-state index in [1.165, 1.54) is 12.7 Å². The standard InChI is InChI=1S/C19H24N4O4/c1-4-27-13-9-14(16-15-10-20-21-17(15)22-23(16)11-13)12-5-7-19(26-3,8-6-12)18(24)25-2/h9-12H,4-8H2,1-3H3,(H,21,22). The van der Waals surface area contributed by atoms with Gasteiger partial charge in [-0.3, -0.25) is 5.10 Å². The van der Waals surface area contributed by atoms with E-state index >= 15 is 0 Å². The van der Waals surface area contributed by atoms with Gasteiger partial charge in [-0.1, -0.05) is 0 Å². The largest absolute Gasteiger partial charge is 0.492 e. The zero-order chi connectivity index (χ0) is 19.0. The Morgan fingerprint density at radius 2 is 2.15 bits per heavy atom. The maximum Gasteiger partial charge on any atom is 0.338 e. The zero-order valence-electron chi connectivity index (χ0n) is 15.8. The third-order valence-electron chi connectivity index (χ3n) is 5.62. The highest BCUT2D eigenvalue weighted by Gasteiger charge is 2.43. The molecule has 0 saturated heterocycles. The van der Waals surface area contributed by atoms with Crippen molar-refractivity contribution in [2.75, 3.05) is 20.8 Å². The topological polar surface area (TPSA) is 90.7 Å². The number of ether oxygens (including phenoxy) is 3. The lowest BCUT2D eigenvalue weighted by Crippen LogP contribution is -2.44. The molecule has 0 amide bonds. The summed E-state index contributed by atoms with van der Waals surface area (Å²) in [6.45, 7) is 2.55. The number of nitrogens with zero attached hydrogens (tertiary/aromatic N) is 3. The van der Waals surface area contributed by atoms with Crippen LogP contribution in [0.2, 0.25) is 0 Å². The Morgan fingerprint density at radius 1 is 1.37 bits per heavy atom. The number of hydrogen-bond donors (Lipinski definition) is 1. The van der Waals surface area contributed by atoms with E-state index in [1.54, 1.807) is 13.3 Å². The van der Waals surface area contributed by atoms with Gasteiger partial charge in [0.25, 0.3) is 0 Å². The summed E-state index contributed by atoms with van der Waals surface area (Å²) in [6, 6.07) is 2.09. The van der Waals surface area contributed by atoms with E-state index in [0.717, 1.165) is 35.1 Å². The fourth-order valence-corrected chi connectivity index (χ4v) is 4.20. The molecule has 1 fully saturated rings. The number of carbonyl (C=O) groups excluding carboxylic acids is 1. The molecule has 3 aromatic heterocycles. The average molecular weight is 372 g/mol. The fourth-order valence-electron chi connectivity index (χ4n) is 4.20. The van der Waals surface area contributed by atoms with Gasteiger partial charge >= 0.3 is 5.97 Å². The summed E-state index contributed by atoms with van der Waals surface area (Å²) in [6.07, 6.45) is 6.58. The Bertz CT molecular complexity index is 969. The van der Waals surface area contributed by atoms with Gasteiger partial charge in [0.05, 0.1) is 37.0 Å². The monoisotopic (exact) mass is 372 g/mol. The van der Waals surface area contributed by atoms with Crippen LogP contribution in [0, 0.1) is 0 Å². The van der Waals surface area contributed by atoms with Gasteiger partial charge in [0.2, 0.25) is 0 Å². The minimum absolute atomic E-state index is 0.274. The van der Waals surface area contributed by atoms with Crippen molar-refractivity contribution < 1.29 is 19.0 Å². The van der Waals surface area contributed by atoms with Crippen LogP contribution in [0.15, 0.2) is 18.5 Å². The van der Waals surface area contributed by atoms with E-state index in [-0.39, 0.29) is 11.9 Å². The maximum absolute atomic E-state index is 12.2. The van der Waals surface area contributed by atoms with Crippen molar-refractivity contribution in [2.45, 2.75) is 44.1 Å². The molecule has 1 N–H and O–H groups in total. The molecule has 0 bridgehead atoms. The molecule has 144 valence electrons. The van der Waals surface area contributed by atoms with Crippen molar-refractivity contribution in [3.8, 4) is 5.75 Å². The lowest BCUT2D eigenvalue weighted by molar-refractivity contribution is -0.170. The number of rotatable bonds is 5. The van der Waals surface area contributed by atoms with Crippen LogP contribution in [0.3, 0.4) is 0 Å². The van der Waals surface area contributed by atoms with Gasteiger partial charge < -0.3 is 14.2 Å².